The molecule has 7 heteroatoms. The van der Waals surface area contributed by atoms with Crippen LogP contribution in [0.3, 0.4) is 0 Å². The van der Waals surface area contributed by atoms with Crippen LogP contribution in [0.5, 0.6) is 5.75 Å². The van der Waals surface area contributed by atoms with E-state index in [9.17, 15) is 19.1 Å². The van der Waals surface area contributed by atoms with Crippen molar-refractivity contribution in [1.29, 1.82) is 5.26 Å². The third-order valence-corrected chi connectivity index (χ3v) is 6.03. The zero-order chi connectivity index (χ0) is 25.3. The fourth-order valence-corrected chi connectivity index (χ4v) is 4.24. The summed E-state index contributed by atoms with van der Waals surface area (Å²) in [5.41, 5.74) is 2.30. The lowest BCUT2D eigenvalue weighted by Crippen LogP contribution is -2.29. The van der Waals surface area contributed by atoms with E-state index in [1.165, 1.54) is 41.3 Å². The maximum atomic E-state index is 13.7. The summed E-state index contributed by atoms with van der Waals surface area (Å²) in [7, 11) is 1.55. The second-order valence-electron chi connectivity index (χ2n) is 8.49. The molecule has 1 unspecified atom stereocenters. The largest absolute Gasteiger partial charge is 0.507 e. The van der Waals surface area contributed by atoms with Crippen molar-refractivity contribution in [2.75, 3.05) is 12.0 Å². The summed E-state index contributed by atoms with van der Waals surface area (Å²) in [4.78, 5) is 27.7. The Morgan fingerprint density at radius 1 is 1.06 bits per heavy atom. The number of hydrogen-bond acceptors (Lipinski definition) is 5. The predicted molar refractivity (Wildman–Crippen MR) is 129 cm³/mol. The Hall–Kier alpha value is -4.44. The topological polar surface area (TPSA) is 90.6 Å². The number of carbonyl (C=O) groups excluding carboxylic acids is 2. The van der Waals surface area contributed by atoms with Gasteiger partial charge in [0.25, 0.3) is 11.7 Å². The van der Waals surface area contributed by atoms with Crippen molar-refractivity contribution < 1.29 is 23.8 Å². The lowest BCUT2D eigenvalue weighted by Gasteiger charge is -2.25. The summed E-state index contributed by atoms with van der Waals surface area (Å²) in [6.07, 6.45) is 0. The summed E-state index contributed by atoms with van der Waals surface area (Å²) >= 11 is 0. The van der Waals surface area contributed by atoms with E-state index in [1.807, 2.05) is 19.9 Å². The molecule has 1 amide bonds. The molecule has 4 rings (SSSR count). The minimum Gasteiger partial charge on any atom is -0.507 e. The van der Waals surface area contributed by atoms with Gasteiger partial charge in [0.05, 0.1) is 30.4 Å². The molecule has 1 fully saturated rings. The standard InChI is InChI=1S/C28H23FN2O4/c1-16(2)22-14-19(8-13-23(22)35-3)26(32)24-25(18-6-9-20(29)10-7-18)31(28(34)27(24)33)21-11-4-17(15-30)5-12-21/h4-14,16,25,32H,1-3H3/b26-24-. The SMILES string of the molecule is COc1ccc(/C(O)=C2/C(=O)C(=O)N(c3ccc(C#N)cc3)C2c2ccc(F)cc2)cc1C(C)C. The van der Waals surface area contributed by atoms with Crippen LogP contribution in [0, 0.1) is 17.1 Å². The molecule has 1 saturated heterocycles. The first-order chi connectivity index (χ1) is 16.8. The highest BCUT2D eigenvalue weighted by Crippen LogP contribution is 2.42. The molecule has 6 nitrogen and oxygen atoms in total. The first-order valence-electron chi connectivity index (χ1n) is 11.0. The maximum Gasteiger partial charge on any atom is 0.300 e. The van der Waals surface area contributed by atoms with Gasteiger partial charge in [-0.2, -0.15) is 5.26 Å². The number of halogens is 1. The van der Waals surface area contributed by atoms with Crippen molar-refractivity contribution in [1.82, 2.24) is 0 Å². The normalized spacial score (nSPS) is 17.0. The van der Waals surface area contributed by atoms with E-state index in [-0.39, 0.29) is 17.3 Å². The van der Waals surface area contributed by atoms with Crippen LogP contribution in [0.1, 0.15) is 48.1 Å². The third-order valence-electron chi connectivity index (χ3n) is 6.03. The van der Waals surface area contributed by atoms with Crippen molar-refractivity contribution in [3.8, 4) is 11.8 Å². The number of amides is 1. The van der Waals surface area contributed by atoms with E-state index in [4.69, 9.17) is 10.00 Å². The molecule has 0 aromatic heterocycles. The smallest absolute Gasteiger partial charge is 0.300 e. The monoisotopic (exact) mass is 470 g/mol. The van der Waals surface area contributed by atoms with Crippen LogP contribution in [-0.4, -0.2) is 23.9 Å². The lowest BCUT2D eigenvalue weighted by molar-refractivity contribution is -0.132. The van der Waals surface area contributed by atoms with E-state index < -0.39 is 23.5 Å². The Kier molecular flexibility index (Phi) is 6.39. The van der Waals surface area contributed by atoms with Gasteiger partial charge in [-0.25, -0.2) is 4.39 Å². The molecule has 35 heavy (non-hydrogen) atoms. The molecule has 3 aromatic carbocycles. The molecule has 1 aliphatic heterocycles. The quantitative estimate of drug-likeness (QED) is 0.304. The number of rotatable bonds is 5. The van der Waals surface area contributed by atoms with Crippen LogP contribution in [0.15, 0.2) is 72.3 Å². The van der Waals surface area contributed by atoms with Crippen LogP contribution < -0.4 is 9.64 Å². The van der Waals surface area contributed by atoms with E-state index in [2.05, 4.69) is 0 Å². The minimum atomic E-state index is -0.992. The summed E-state index contributed by atoms with van der Waals surface area (Å²) in [5.74, 6) is -1.78. The Morgan fingerprint density at radius 3 is 2.29 bits per heavy atom. The van der Waals surface area contributed by atoms with Gasteiger partial charge in [-0.3, -0.25) is 14.5 Å². The first-order valence-corrected chi connectivity index (χ1v) is 11.0. The molecule has 1 atom stereocenters. The van der Waals surface area contributed by atoms with Gasteiger partial charge < -0.3 is 9.84 Å². The van der Waals surface area contributed by atoms with Gasteiger partial charge in [-0.15, -0.1) is 0 Å². The maximum absolute atomic E-state index is 13.7. The fraction of sp³-hybridized carbons (Fsp3) is 0.179. The van der Waals surface area contributed by atoms with E-state index >= 15 is 0 Å². The van der Waals surface area contributed by atoms with Crippen molar-refractivity contribution in [3.05, 3.63) is 100 Å². The van der Waals surface area contributed by atoms with E-state index in [1.54, 1.807) is 37.4 Å². The van der Waals surface area contributed by atoms with E-state index in [0.29, 0.717) is 28.1 Å². The highest BCUT2D eigenvalue weighted by molar-refractivity contribution is 6.51. The molecule has 0 saturated carbocycles. The number of ketones is 1. The second kappa shape index (κ2) is 9.43. The number of methoxy groups -OCH3 is 1. The minimum absolute atomic E-state index is 0.0756. The van der Waals surface area contributed by atoms with E-state index in [0.717, 1.165) is 5.56 Å². The molecular weight excluding hydrogens is 447 g/mol. The molecule has 176 valence electrons. The van der Waals surface area contributed by atoms with Crippen LogP contribution in [0.4, 0.5) is 10.1 Å². The fourth-order valence-electron chi connectivity index (χ4n) is 4.24. The molecule has 1 heterocycles. The summed E-state index contributed by atoms with van der Waals surface area (Å²) in [5, 5.41) is 20.4. The number of benzene rings is 3. The number of carbonyl (C=O) groups is 2. The van der Waals surface area contributed by atoms with Crippen LogP contribution in [0.25, 0.3) is 5.76 Å². The predicted octanol–water partition coefficient (Wildman–Crippen LogP) is 5.46. The Labute approximate surface area is 202 Å². The first kappa shape index (κ1) is 23.7. The number of ether oxygens (including phenoxy) is 1. The summed E-state index contributed by atoms with van der Waals surface area (Å²) in [6, 6.07) is 17.7. The molecule has 0 bridgehead atoms. The van der Waals surface area contributed by atoms with Gasteiger partial charge >= 0.3 is 0 Å². The van der Waals surface area contributed by atoms with Gasteiger partial charge in [0, 0.05) is 11.3 Å². The molecule has 1 aliphatic rings. The Bertz CT molecular complexity index is 1370. The van der Waals surface area contributed by atoms with Crippen molar-refractivity contribution in [2.45, 2.75) is 25.8 Å². The second-order valence-corrected chi connectivity index (χ2v) is 8.49. The molecule has 3 aromatic rings. The van der Waals surface area contributed by atoms with Gasteiger partial charge in [-0.05, 0) is 71.6 Å². The number of nitrogens with zero attached hydrogens (tertiary/aromatic N) is 2. The third kappa shape index (κ3) is 4.26. The van der Waals surface area contributed by atoms with Gasteiger partial charge in [0.1, 0.15) is 17.3 Å². The van der Waals surface area contributed by atoms with Gasteiger partial charge in [0.2, 0.25) is 0 Å². The summed E-state index contributed by atoms with van der Waals surface area (Å²) in [6.45, 7) is 3.95. The van der Waals surface area contributed by atoms with Crippen LogP contribution in [0.2, 0.25) is 0 Å². The average molecular weight is 471 g/mol. The number of anilines is 1. The van der Waals surface area contributed by atoms with Gasteiger partial charge in [0.15, 0.2) is 0 Å². The van der Waals surface area contributed by atoms with Crippen LogP contribution in [-0.2, 0) is 9.59 Å². The summed E-state index contributed by atoms with van der Waals surface area (Å²) < 4.78 is 19.1. The molecule has 1 N–H and O–H groups in total. The highest BCUT2D eigenvalue weighted by Gasteiger charge is 2.47. The molecule has 0 aliphatic carbocycles. The highest BCUT2D eigenvalue weighted by atomic mass is 19.1. The van der Waals surface area contributed by atoms with Crippen LogP contribution >= 0.6 is 0 Å². The number of aliphatic hydroxyl groups excluding tert-OH is 1. The number of aliphatic hydroxyl groups is 1. The molecule has 0 spiro atoms. The Balaban J connectivity index is 1.93. The average Bonchev–Trinajstić information content (AvgIpc) is 3.13. The van der Waals surface area contributed by atoms with Crippen molar-refractivity contribution >= 4 is 23.1 Å². The zero-order valence-corrected chi connectivity index (χ0v) is 19.4. The van der Waals surface area contributed by atoms with Crippen molar-refractivity contribution in [3.63, 3.8) is 0 Å². The Morgan fingerprint density at radius 2 is 1.71 bits per heavy atom. The van der Waals surface area contributed by atoms with Crippen molar-refractivity contribution in [2.24, 2.45) is 0 Å². The zero-order valence-electron chi connectivity index (χ0n) is 19.4. The molecule has 0 radical (unpaired) electrons. The lowest BCUT2D eigenvalue weighted by atomic mass is 9.93. The number of nitriles is 1. The number of Topliss-reactive ketones (excluding diaryl/α,β-unsaturated/α-hetero) is 1. The van der Waals surface area contributed by atoms with Gasteiger partial charge in [-0.1, -0.05) is 26.0 Å². The number of hydrogen-bond donors (Lipinski definition) is 1. The molecular formula is C28H23FN2O4.